The van der Waals surface area contributed by atoms with Gasteiger partial charge in [-0.05, 0) is 23.8 Å². The molecule has 2 aromatic carbocycles. The van der Waals surface area contributed by atoms with Crippen LogP contribution in [0.3, 0.4) is 0 Å². The second-order valence-corrected chi connectivity index (χ2v) is 5.65. The van der Waals surface area contributed by atoms with Crippen LogP contribution in [0.5, 0.6) is 0 Å². The molecule has 0 aliphatic carbocycles. The van der Waals surface area contributed by atoms with Gasteiger partial charge in [-0.2, -0.15) is 0 Å². The van der Waals surface area contributed by atoms with E-state index >= 15 is 0 Å². The predicted molar refractivity (Wildman–Crippen MR) is 80.0 cm³/mol. The molecule has 21 heavy (non-hydrogen) atoms. The topological polar surface area (TPSA) is 80.4 Å². The van der Waals surface area contributed by atoms with Crippen molar-refractivity contribution < 1.29 is 14.8 Å². The van der Waals surface area contributed by atoms with Crippen molar-refractivity contribution in [2.24, 2.45) is 0 Å². The summed E-state index contributed by atoms with van der Waals surface area (Å²) in [7, 11) is 0. The van der Waals surface area contributed by atoms with Crippen molar-refractivity contribution in [1.29, 1.82) is 0 Å². The smallest absolute Gasteiger partial charge is 0.307 e. The van der Waals surface area contributed by atoms with Crippen LogP contribution in [0.25, 0.3) is 0 Å². The number of hydrogen-bond donors (Lipinski definition) is 1. The maximum atomic E-state index is 11.0. The van der Waals surface area contributed by atoms with Gasteiger partial charge in [0.05, 0.1) is 16.4 Å². The van der Waals surface area contributed by atoms with Crippen LogP contribution in [0, 0.1) is 10.1 Å². The Balaban J connectivity index is 2.26. The first-order chi connectivity index (χ1) is 9.97. The van der Waals surface area contributed by atoms with E-state index in [2.05, 4.69) is 0 Å². The zero-order chi connectivity index (χ0) is 15.4. The highest BCUT2D eigenvalue weighted by atomic mass is 35.5. The molecule has 0 fully saturated rings. The molecule has 2 rings (SSSR count). The Kier molecular flexibility index (Phi) is 4.82. The standard InChI is InChI=1S/C14H10ClNO4S/c15-11-2-1-3-12(16(19)20)14(11)21-10-6-4-9(5-7-10)8-13(17)18/h1-7H,8H2,(H,17,18). The Morgan fingerprint density at radius 1 is 1.24 bits per heavy atom. The van der Waals surface area contributed by atoms with Gasteiger partial charge in [0.2, 0.25) is 0 Å². The molecule has 1 N–H and O–H groups in total. The number of nitro benzene ring substituents is 1. The fourth-order valence-corrected chi connectivity index (χ4v) is 2.92. The van der Waals surface area contributed by atoms with E-state index < -0.39 is 10.9 Å². The lowest BCUT2D eigenvalue weighted by atomic mass is 10.2. The van der Waals surface area contributed by atoms with Gasteiger partial charge in [0, 0.05) is 11.0 Å². The van der Waals surface area contributed by atoms with Gasteiger partial charge >= 0.3 is 5.97 Å². The zero-order valence-corrected chi connectivity index (χ0v) is 12.2. The summed E-state index contributed by atoms with van der Waals surface area (Å²) in [4.78, 5) is 22.3. The van der Waals surface area contributed by atoms with Gasteiger partial charge in [-0.3, -0.25) is 14.9 Å². The van der Waals surface area contributed by atoms with E-state index in [9.17, 15) is 14.9 Å². The van der Waals surface area contributed by atoms with Crippen LogP contribution >= 0.6 is 23.4 Å². The first-order valence-corrected chi connectivity index (χ1v) is 7.08. The molecule has 5 nitrogen and oxygen atoms in total. The molecule has 0 aromatic heterocycles. The number of nitrogens with zero attached hydrogens (tertiary/aromatic N) is 1. The number of nitro groups is 1. The molecular formula is C14H10ClNO4S. The number of rotatable bonds is 5. The van der Waals surface area contributed by atoms with Crippen molar-refractivity contribution in [2.45, 2.75) is 16.2 Å². The van der Waals surface area contributed by atoms with E-state index in [-0.39, 0.29) is 12.1 Å². The summed E-state index contributed by atoms with van der Waals surface area (Å²) in [6, 6.07) is 11.3. The van der Waals surface area contributed by atoms with Crippen LogP contribution in [0.2, 0.25) is 5.02 Å². The summed E-state index contributed by atoms with van der Waals surface area (Å²) >= 11 is 7.20. The highest BCUT2D eigenvalue weighted by Gasteiger charge is 2.17. The quantitative estimate of drug-likeness (QED) is 0.663. The maximum Gasteiger partial charge on any atom is 0.307 e. The summed E-state index contributed by atoms with van der Waals surface area (Å²) in [5, 5.41) is 20.0. The van der Waals surface area contributed by atoms with Gasteiger partial charge in [0.1, 0.15) is 4.90 Å². The Bertz CT molecular complexity index is 688. The predicted octanol–water partition coefficient (Wildman–Crippen LogP) is 4.03. The summed E-state index contributed by atoms with van der Waals surface area (Å²) in [6.07, 6.45) is -0.0583. The van der Waals surface area contributed by atoms with Crippen LogP contribution in [0.1, 0.15) is 5.56 Å². The SMILES string of the molecule is O=C(O)Cc1ccc(Sc2c(Cl)cccc2[N+](=O)[O-])cc1. The highest BCUT2D eigenvalue weighted by molar-refractivity contribution is 7.99. The Labute approximate surface area is 129 Å². The van der Waals surface area contributed by atoms with E-state index in [4.69, 9.17) is 16.7 Å². The molecule has 0 aliphatic heterocycles. The molecule has 0 saturated carbocycles. The number of hydrogen-bond acceptors (Lipinski definition) is 4. The van der Waals surface area contributed by atoms with Crippen LogP contribution in [0.4, 0.5) is 5.69 Å². The molecule has 0 bridgehead atoms. The number of benzene rings is 2. The Hall–Kier alpha value is -2.05. The molecule has 0 radical (unpaired) electrons. The second kappa shape index (κ2) is 6.60. The van der Waals surface area contributed by atoms with E-state index in [1.807, 2.05) is 0 Å². The molecule has 2 aromatic rings. The fourth-order valence-electron chi connectivity index (χ4n) is 1.71. The minimum atomic E-state index is -0.905. The maximum absolute atomic E-state index is 11.0. The van der Waals surface area contributed by atoms with Crippen LogP contribution < -0.4 is 0 Å². The summed E-state index contributed by atoms with van der Waals surface area (Å²) in [5.41, 5.74) is 0.614. The first kappa shape index (κ1) is 15.3. The molecule has 0 atom stereocenters. The summed E-state index contributed by atoms with van der Waals surface area (Å²) in [5.74, 6) is -0.905. The third-order valence-corrected chi connectivity index (χ3v) is 4.21. The van der Waals surface area contributed by atoms with E-state index in [0.717, 1.165) is 4.90 Å². The number of aliphatic carboxylic acids is 1. The average molecular weight is 324 g/mol. The van der Waals surface area contributed by atoms with Crippen molar-refractivity contribution in [3.05, 3.63) is 63.2 Å². The molecule has 0 aliphatic rings. The molecule has 0 saturated heterocycles. The molecule has 7 heteroatoms. The first-order valence-electron chi connectivity index (χ1n) is 5.89. The summed E-state index contributed by atoms with van der Waals surface area (Å²) < 4.78 is 0. The van der Waals surface area contributed by atoms with Gasteiger partial charge in [0.15, 0.2) is 0 Å². The van der Waals surface area contributed by atoms with Gasteiger partial charge in [-0.1, -0.05) is 41.6 Å². The second-order valence-electron chi connectivity index (χ2n) is 4.16. The monoisotopic (exact) mass is 323 g/mol. The lowest BCUT2D eigenvalue weighted by Gasteiger charge is -2.06. The third kappa shape index (κ3) is 3.96. The lowest BCUT2D eigenvalue weighted by Crippen LogP contribution is -1.99. The fraction of sp³-hybridized carbons (Fsp3) is 0.0714. The highest BCUT2D eigenvalue weighted by Crippen LogP contribution is 2.39. The van der Waals surface area contributed by atoms with Crippen LogP contribution in [-0.2, 0) is 11.2 Å². The Morgan fingerprint density at radius 3 is 2.48 bits per heavy atom. The van der Waals surface area contributed by atoms with E-state index in [1.54, 1.807) is 30.3 Å². The number of carbonyl (C=O) groups is 1. The lowest BCUT2D eigenvalue weighted by molar-refractivity contribution is -0.387. The van der Waals surface area contributed by atoms with Crippen molar-refractivity contribution in [3.63, 3.8) is 0 Å². The zero-order valence-electron chi connectivity index (χ0n) is 10.7. The molecule has 0 unspecified atom stereocenters. The van der Waals surface area contributed by atoms with Crippen LogP contribution in [-0.4, -0.2) is 16.0 Å². The van der Waals surface area contributed by atoms with Crippen molar-refractivity contribution >= 4 is 35.0 Å². The molecule has 0 spiro atoms. The van der Waals surface area contributed by atoms with E-state index in [1.165, 1.54) is 23.9 Å². The Morgan fingerprint density at radius 2 is 1.90 bits per heavy atom. The van der Waals surface area contributed by atoms with Gasteiger partial charge in [-0.15, -0.1) is 0 Å². The minimum Gasteiger partial charge on any atom is -0.481 e. The van der Waals surface area contributed by atoms with Crippen molar-refractivity contribution in [1.82, 2.24) is 0 Å². The molecular weight excluding hydrogens is 314 g/mol. The van der Waals surface area contributed by atoms with Gasteiger partial charge < -0.3 is 5.11 Å². The summed E-state index contributed by atoms with van der Waals surface area (Å²) in [6.45, 7) is 0. The van der Waals surface area contributed by atoms with Crippen LogP contribution in [0.15, 0.2) is 52.3 Å². The largest absolute Gasteiger partial charge is 0.481 e. The van der Waals surface area contributed by atoms with Crippen molar-refractivity contribution in [2.75, 3.05) is 0 Å². The third-order valence-electron chi connectivity index (χ3n) is 2.64. The van der Waals surface area contributed by atoms with Gasteiger partial charge in [0.25, 0.3) is 5.69 Å². The van der Waals surface area contributed by atoms with Crippen molar-refractivity contribution in [3.8, 4) is 0 Å². The normalized spacial score (nSPS) is 10.3. The molecule has 108 valence electrons. The van der Waals surface area contributed by atoms with E-state index in [0.29, 0.717) is 15.5 Å². The number of carboxylic acid groups (broad SMARTS) is 1. The molecule has 0 heterocycles. The number of carboxylic acids is 1. The molecule has 0 amide bonds. The number of halogens is 1. The minimum absolute atomic E-state index is 0.0536. The van der Waals surface area contributed by atoms with Gasteiger partial charge in [-0.25, -0.2) is 0 Å². The average Bonchev–Trinajstić information content (AvgIpc) is 2.42.